The normalized spacial score (nSPS) is 19.8. The molecule has 20 heavy (non-hydrogen) atoms. The maximum atomic E-state index is 5.54. The third-order valence-electron chi connectivity index (χ3n) is 3.96. The highest BCUT2D eigenvalue weighted by Gasteiger charge is 2.16. The van der Waals surface area contributed by atoms with Gasteiger partial charge in [-0.05, 0) is 35.8 Å². The van der Waals surface area contributed by atoms with Gasteiger partial charge in [0.2, 0.25) is 0 Å². The summed E-state index contributed by atoms with van der Waals surface area (Å²) in [6.07, 6.45) is 1.21. The average molecular weight is 292 g/mol. The van der Waals surface area contributed by atoms with Crippen molar-refractivity contribution in [1.29, 1.82) is 0 Å². The molecule has 1 aliphatic heterocycles. The van der Waals surface area contributed by atoms with Gasteiger partial charge in [0.05, 0.1) is 26.7 Å². The number of thiocarbonyl (C=S) groups is 1. The maximum Gasteiger partial charge on any atom is 0.173 e. The van der Waals surface area contributed by atoms with Gasteiger partial charge in [-0.25, -0.2) is 0 Å². The van der Waals surface area contributed by atoms with Crippen LogP contribution in [0.1, 0.15) is 31.7 Å². The van der Waals surface area contributed by atoms with Crippen molar-refractivity contribution in [2.75, 3.05) is 38.5 Å². The Hall–Kier alpha value is -1.13. The lowest BCUT2D eigenvalue weighted by atomic mass is 10.0. The number of quaternary nitrogens is 1. The third kappa shape index (κ3) is 4.18. The molecule has 2 N–H and O–H groups in total. The number of nitrogens with one attached hydrogen (secondary N) is 2. The zero-order chi connectivity index (χ0) is 14.5. The summed E-state index contributed by atoms with van der Waals surface area (Å²) in [5.41, 5.74) is 2.45. The van der Waals surface area contributed by atoms with Crippen molar-refractivity contribution in [3.63, 3.8) is 0 Å². The number of rotatable bonds is 2. The molecule has 1 fully saturated rings. The summed E-state index contributed by atoms with van der Waals surface area (Å²) in [4.78, 5) is 3.89. The molecule has 4 heteroatoms. The lowest BCUT2D eigenvalue weighted by Crippen LogP contribution is -3.09. The van der Waals surface area contributed by atoms with Crippen molar-refractivity contribution in [2.45, 2.75) is 26.2 Å². The molecule has 0 spiro atoms. The highest BCUT2D eigenvalue weighted by molar-refractivity contribution is 7.80. The summed E-state index contributed by atoms with van der Waals surface area (Å²) in [7, 11) is 2.25. The van der Waals surface area contributed by atoms with Crippen molar-refractivity contribution >= 4 is 23.0 Å². The molecule has 2 rings (SSSR count). The average Bonchev–Trinajstić information content (AvgIpc) is 2.64. The molecule has 0 amide bonds. The Morgan fingerprint density at radius 2 is 1.90 bits per heavy atom. The topological polar surface area (TPSA) is 19.7 Å². The van der Waals surface area contributed by atoms with Crippen LogP contribution in [0.25, 0.3) is 0 Å². The van der Waals surface area contributed by atoms with E-state index in [9.17, 15) is 0 Å². The van der Waals surface area contributed by atoms with Crippen LogP contribution in [0.15, 0.2) is 24.3 Å². The van der Waals surface area contributed by atoms with Gasteiger partial charge in [-0.15, -0.1) is 0 Å². The van der Waals surface area contributed by atoms with Gasteiger partial charge >= 0.3 is 0 Å². The highest BCUT2D eigenvalue weighted by atomic mass is 32.1. The molecule has 0 aromatic heterocycles. The minimum atomic E-state index is 0.570. The Morgan fingerprint density at radius 3 is 2.55 bits per heavy atom. The fourth-order valence-corrected chi connectivity index (χ4v) is 2.79. The van der Waals surface area contributed by atoms with Gasteiger partial charge in [-0.2, -0.15) is 0 Å². The second-order valence-corrected chi connectivity index (χ2v) is 6.39. The quantitative estimate of drug-likeness (QED) is 0.810. The van der Waals surface area contributed by atoms with E-state index in [1.165, 1.54) is 18.5 Å². The highest BCUT2D eigenvalue weighted by Crippen LogP contribution is 2.17. The zero-order valence-corrected chi connectivity index (χ0v) is 13.6. The molecular formula is C16H26N3S+. The molecule has 1 heterocycles. The second-order valence-electron chi connectivity index (χ2n) is 6.00. The molecule has 0 saturated carbocycles. The number of hydrogen-bond acceptors (Lipinski definition) is 1. The van der Waals surface area contributed by atoms with Crippen LogP contribution in [-0.4, -0.2) is 43.2 Å². The third-order valence-corrected chi connectivity index (χ3v) is 4.32. The van der Waals surface area contributed by atoms with Gasteiger partial charge in [0.15, 0.2) is 5.11 Å². The fourth-order valence-electron chi connectivity index (χ4n) is 2.49. The van der Waals surface area contributed by atoms with Gasteiger partial charge in [-0.3, -0.25) is 0 Å². The summed E-state index contributed by atoms with van der Waals surface area (Å²) in [6, 6.07) is 8.60. The standard InChI is InChI=1S/C16H25N3S/c1-13(2)14-5-7-15(8-6-14)17-16(20)19-10-4-9-18(3)11-12-19/h5-8,13H,4,9-12H2,1-3H3,(H,17,20)/p+1. The van der Waals surface area contributed by atoms with Gasteiger partial charge in [0.1, 0.15) is 0 Å². The minimum Gasteiger partial charge on any atom is -0.343 e. The molecule has 1 aromatic rings. The predicted molar refractivity (Wildman–Crippen MR) is 89.6 cm³/mol. The van der Waals surface area contributed by atoms with Crippen LogP contribution in [-0.2, 0) is 0 Å². The lowest BCUT2D eigenvalue weighted by molar-refractivity contribution is -0.877. The molecule has 1 aromatic carbocycles. The summed E-state index contributed by atoms with van der Waals surface area (Å²) in [5, 5.41) is 4.23. The Balaban J connectivity index is 1.93. The smallest absolute Gasteiger partial charge is 0.173 e. The number of hydrogen-bond donors (Lipinski definition) is 2. The number of nitrogens with zero attached hydrogens (tertiary/aromatic N) is 1. The van der Waals surface area contributed by atoms with E-state index in [1.807, 2.05) is 0 Å². The Morgan fingerprint density at radius 1 is 1.20 bits per heavy atom. The number of benzene rings is 1. The molecule has 1 atom stereocenters. The SMILES string of the molecule is CC(C)c1ccc(NC(=S)N2CCC[NH+](C)CC2)cc1. The molecule has 3 nitrogen and oxygen atoms in total. The Bertz CT molecular complexity index is 442. The molecule has 0 aliphatic carbocycles. The molecule has 1 unspecified atom stereocenters. The summed E-state index contributed by atoms with van der Waals surface area (Å²) in [5.74, 6) is 0.570. The van der Waals surface area contributed by atoms with Crippen LogP contribution in [0.5, 0.6) is 0 Å². The predicted octanol–water partition coefficient (Wildman–Crippen LogP) is 1.73. The van der Waals surface area contributed by atoms with E-state index in [-0.39, 0.29) is 0 Å². The van der Waals surface area contributed by atoms with Crippen LogP contribution in [0.3, 0.4) is 0 Å². The van der Waals surface area contributed by atoms with E-state index in [1.54, 1.807) is 4.90 Å². The number of anilines is 1. The molecule has 1 saturated heterocycles. The van der Waals surface area contributed by atoms with Crippen LogP contribution in [0.2, 0.25) is 0 Å². The first-order chi connectivity index (χ1) is 9.56. The van der Waals surface area contributed by atoms with E-state index in [0.717, 1.165) is 30.4 Å². The van der Waals surface area contributed by atoms with Gasteiger partial charge < -0.3 is 15.1 Å². The molecular weight excluding hydrogens is 266 g/mol. The Kier molecular flexibility index (Phi) is 5.38. The maximum absolute atomic E-state index is 5.54. The van der Waals surface area contributed by atoms with E-state index in [4.69, 9.17) is 12.2 Å². The van der Waals surface area contributed by atoms with Crippen LogP contribution < -0.4 is 10.2 Å². The molecule has 110 valence electrons. The van der Waals surface area contributed by atoms with Crippen molar-refractivity contribution in [2.24, 2.45) is 0 Å². The second kappa shape index (κ2) is 7.04. The summed E-state index contributed by atoms with van der Waals surface area (Å²) < 4.78 is 0. The first-order valence-corrected chi connectivity index (χ1v) is 7.94. The van der Waals surface area contributed by atoms with E-state index < -0.39 is 0 Å². The zero-order valence-electron chi connectivity index (χ0n) is 12.8. The monoisotopic (exact) mass is 292 g/mol. The summed E-state index contributed by atoms with van der Waals surface area (Å²) >= 11 is 5.54. The first-order valence-electron chi connectivity index (χ1n) is 7.53. The molecule has 0 bridgehead atoms. The lowest BCUT2D eigenvalue weighted by Gasteiger charge is -2.23. The van der Waals surface area contributed by atoms with Crippen molar-refractivity contribution in [3.8, 4) is 0 Å². The van der Waals surface area contributed by atoms with E-state index in [2.05, 4.69) is 55.4 Å². The van der Waals surface area contributed by atoms with Gasteiger partial charge in [0, 0.05) is 18.7 Å². The first kappa shape index (κ1) is 15.3. The van der Waals surface area contributed by atoms with E-state index in [0.29, 0.717) is 5.92 Å². The molecule has 1 aliphatic rings. The van der Waals surface area contributed by atoms with E-state index >= 15 is 0 Å². The van der Waals surface area contributed by atoms with Crippen LogP contribution in [0, 0.1) is 0 Å². The largest absolute Gasteiger partial charge is 0.343 e. The van der Waals surface area contributed by atoms with Crippen molar-refractivity contribution < 1.29 is 4.90 Å². The van der Waals surface area contributed by atoms with Crippen LogP contribution >= 0.6 is 12.2 Å². The van der Waals surface area contributed by atoms with Crippen molar-refractivity contribution in [1.82, 2.24) is 4.90 Å². The number of likely N-dealkylation sites (N-methyl/N-ethyl adjacent to an activating group) is 1. The fraction of sp³-hybridized carbons (Fsp3) is 0.562. The van der Waals surface area contributed by atoms with Crippen LogP contribution in [0.4, 0.5) is 5.69 Å². The molecule has 0 radical (unpaired) electrons. The minimum absolute atomic E-state index is 0.570. The summed E-state index contributed by atoms with van der Waals surface area (Å²) in [6.45, 7) is 8.93. The van der Waals surface area contributed by atoms with Gasteiger partial charge in [-0.1, -0.05) is 26.0 Å². The van der Waals surface area contributed by atoms with Gasteiger partial charge in [0.25, 0.3) is 0 Å². The van der Waals surface area contributed by atoms with Crippen molar-refractivity contribution in [3.05, 3.63) is 29.8 Å². The Labute approximate surface area is 128 Å².